The molecule has 6 heteroatoms. The number of anilines is 2. The number of nitrogens with one attached hydrogen (secondary N) is 2. The first kappa shape index (κ1) is 18.5. The second-order valence-corrected chi connectivity index (χ2v) is 7.49. The summed E-state index contributed by atoms with van der Waals surface area (Å²) in [6.07, 6.45) is 3.98. The van der Waals surface area contributed by atoms with Gasteiger partial charge in [0.25, 0.3) is 0 Å². The molecule has 0 amide bonds. The summed E-state index contributed by atoms with van der Waals surface area (Å²) in [5.74, 6) is 0. The van der Waals surface area contributed by atoms with Crippen LogP contribution in [-0.4, -0.2) is 23.1 Å². The number of nitrogens with zero attached hydrogens (tertiary/aromatic N) is 1. The molecule has 2 aromatic rings. The normalized spacial score (nSPS) is 15.0. The fourth-order valence-corrected chi connectivity index (χ4v) is 3.51. The third-order valence-electron chi connectivity index (χ3n) is 4.24. The number of hydrogen-bond acceptors (Lipinski definition) is 2. The molecule has 1 aliphatic rings. The standard InChI is InChI=1S/C19H21Cl2N3S/c20-15-6-9-17(21)18(12-15)23-19(25)22-16-7-4-14(5-8-16)13-24-10-2-1-3-11-24/h4-9,12H,1-3,10-11,13H2,(H2,22,23,25). The number of halogens is 2. The van der Waals surface area contributed by atoms with Crippen molar-refractivity contribution in [1.82, 2.24) is 4.90 Å². The lowest BCUT2D eigenvalue weighted by Gasteiger charge is -2.26. The number of benzene rings is 2. The van der Waals surface area contributed by atoms with Crippen molar-refractivity contribution >= 4 is 51.9 Å². The van der Waals surface area contributed by atoms with Gasteiger partial charge in [0.15, 0.2) is 5.11 Å². The first-order valence-electron chi connectivity index (χ1n) is 8.44. The maximum absolute atomic E-state index is 6.14. The van der Waals surface area contributed by atoms with Gasteiger partial charge in [-0.2, -0.15) is 0 Å². The predicted molar refractivity (Wildman–Crippen MR) is 112 cm³/mol. The second kappa shape index (κ2) is 8.86. The molecule has 1 heterocycles. The smallest absolute Gasteiger partial charge is 0.175 e. The monoisotopic (exact) mass is 393 g/mol. The van der Waals surface area contributed by atoms with E-state index in [-0.39, 0.29) is 0 Å². The van der Waals surface area contributed by atoms with Gasteiger partial charge in [-0.15, -0.1) is 0 Å². The predicted octanol–water partition coefficient (Wildman–Crippen LogP) is 5.79. The Morgan fingerprint density at radius 1 is 0.960 bits per heavy atom. The molecule has 3 rings (SSSR count). The van der Waals surface area contributed by atoms with Crippen molar-refractivity contribution < 1.29 is 0 Å². The molecule has 0 atom stereocenters. The van der Waals surface area contributed by atoms with E-state index in [1.807, 2.05) is 12.1 Å². The molecule has 0 radical (unpaired) electrons. The van der Waals surface area contributed by atoms with Crippen molar-refractivity contribution in [1.29, 1.82) is 0 Å². The van der Waals surface area contributed by atoms with Crippen LogP contribution in [0.4, 0.5) is 11.4 Å². The quantitative estimate of drug-likeness (QED) is 0.642. The number of likely N-dealkylation sites (tertiary alicyclic amines) is 1. The van der Waals surface area contributed by atoms with Crippen LogP contribution in [0.3, 0.4) is 0 Å². The molecule has 1 saturated heterocycles. The zero-order chi connectivity index (χ0) is 17.6. The fraction of sp³-hybridized carbons (Fsp3) is 0.316. The summed E-state index contributed by atoms with van der Waals surface area (Å²) < 4.78 is 0. The average Bonchev–Trinajstić information content (AvgIpc) is 2.61. The van der Waals surface area contributed by atoms with E-state index in [2.05, 4.69) is 27.7 Å². The minimum absolute atomic E-state index is 0.480. The molecule has 0 aromatic heterocycles. The van der Waals surface area contributed by atoms with E-state index < -0.39 is 0 Å². The number of piperidine rings is 1. The summed E-state index contributed by atoms with van der Waals surface area (Å²) in [6, 6.07) is 13.6. The van der Waals surface area contributed by atoms with Crippen molar-refractivity contribution in [3.8, 4) is 0 Å². The maximum atomic E-state index is 6.14. The molecule has 25 heavy (non-hydrogen) atoms. The Hall–Kier alpha value is -1.33. The maximum Gasteiger partial charge on any atom is 0.175 e. The van der Waals surface area contributed by atoms with Gasteiger partial charge < -0.3 is 10.6 Å². The SMILES string of the molecule is S=C(Nc1ccc(CN2CCCCC2)cc1)Nc1cc(Cl)ccc1Cl. The van der Waals surface area contributed by atoms with Gasteiger partial charge in [0.2, 0.25) is 0 Å². The van der Waals surface area contributed by atoms with E-state index in [0.29, 0.717) is 20.8 Å². The van der Waals surface area contributed by atoms with Crippen LogP contribution in [0.25, 0.3) is 0 Å². The summed E-state index contributed by atoms with van der Waals surface area (Å²) in [6.45, 7) is 3.42. The molecule has 1 aliphatic heterocycles. The van der Waals surface area contributed by atoms with Crippen molar-refractivity contribution in [3.63, 3.8) is 0 Å². The average molecular weight is 394 g/mol. The molecule has 0 saturated carbocycles. The van der Waals surface area contributed by atoms with Crippen LogP contribution in [0.5, 0.6) is 0 Å². The Labute approximate surface area is 164 Å². The van der Waals surface area contributed by atoms with Crippen LogP contribution in [0.15, 0.2) is 42.5 Å². The molecule has 0 bridgehead atoms. The summed E-state index contributed by atoms with van der Waals surface area (Å²) in [5.41, 5.74) is 2.95. The Balaban J connectivity index is 1.55. The Morgan fingerprint density at radius 2 is 1.68 bits per heavy atom. The van der Waals surface area contributed by atoms with Gasteiger partial charge in [0.1, 0.15) is 0 Å². The molecule has 2 aromatic carbocycles. The van der Waals surface area contributed by atoms with Crippen LogP contribution in [0, 0.1) is 0 Å². The van der Waals surface area contributed by atoms with Gasteiger partial charge in [-0.25, -0.2) is 0 Å². The third-order valence-corrected chi connectivity index (χ3v) is 5.01. The summed E-state index contributed by atoms with van der Waals surface area (Å²) in [5, 5.41) is 7.91. The second-order valence-electron chi connectivity index (χ2n) is 6.24. The van der Waals surface area contributed by atoms with Crippen LogP contribution in [0.2, 0.25) is 10.0 Å². The molecule has 0 unspecified atom stereocenters. The lowest BCUT2D eigenvalue weighted by atomic mass is 10.1. The summed E-state index contributed by atoms with van der Waals surface area (Å²) in [7, 11) is 0. The topological polar surface area (TPSA) is 27.3 Å². The van der Waals surface area contributed by atoms with E-state index in [4.69, 9.17) is 35.4 Å². The first-order valence-corrected chi connectivity index (χ1v) is 9.61. The van der Waals surface area contributed by atoms with Crippen LogP contribution in [0.1, 0.15) is 24.8 Å². The van der Waals surface area contributed by atoms with Crippen molar-refractivity contribution in [2.45, 2.75) is 25.8 Å². The van der Waals surface area contributed by atoms with Gasteiger partial charge >= 0.3 is 0 Å². The van der Waals surface area contributed by atoms with E-state index in [0.717, 1.165) is 12.2 Å². The van der Waals surface area contributed by atoms with E-state index in [9.17, 15) is 0 Å². The third kappa shape index (κ3) is 5.58. The van der Waals surface area contributed by atoms with Crippen molar-refractivity contribution in [3.05, 3.63) is 58.1 Å². The van der Waals surface area contributed by atoms with Gasteiger partial charge in [-0.1, -0.05) is 41.8 Å². The molecule has 132 valence electrons. The molecule has 2 N–H and O–H groups in total. The largest absolute Gasteiger partial charge is 0.332 e. The highest BCUT2D eigenvalue weighted by Gasteiger charge is 2.10. The molecule has 0 spiro atoms. The summed E-state index contributed by atoms with van der Waals surface area (Å²) >= 11 is 17.5. The Bertz CT molecular complexity index is 728. The fourth-order valence-electron chi connectivity index (χ4n) is 2.95. The van der Waals surface area contributed by atoms with Crippen molar-refractivity contribution in [2.75, 3.05) is 23.7 Å². The molecular formula is C19H21Cl2N3S. The zero-order valence-electron chi connectivity index (χ0n) is 13.9. The lowest BCUT2D eigenvalue weighted by Crippen LogP contribution is -2.29. The highest BCUT2D eigenvalue weighted by Crippen LogP contribution is 2.25. The van der Waals surface area contributed by atoms with Gasteiger partial charge in [-0.05, 0) is 74.0 Å². The number of hydrogen-bond donors (Lipinski definition) is 2. The first-order chi connectivity index (χ1) is 12.1. The van der Waals surface area contributed by atoms with Crippen molar-refractivity contribution in [2.24, 2.45) is 0 Å². The molecule has 3 nitrogen and oxygen atoms in total. The minimum Gasteiger partial charge on any atom is -0.332 e. The Morgan fingerprint density at radius 3 is 2.40 bits per heavy atom. The van der Waals surface area contributed by atoms with E-state index >= 15 is 0 Å². The summed E-state index contributed by atoms with van der Waals surface area (Å²) in [4.78, 5) is 2.51. The molecule has 1 fully saturated rings. The van der Waals surface area contributed by atoms with E-state index in [1.165, 1.54) is 37.9 Å². The lowest BCUT2D eigenvalue weighted by molar-refractivity contribution is 0.221. The van der Waals surface area contributed by atoms with Gasteiger partial charge in [0.05, 0.1) is 10.7 Å². The zero-order valence-corrected chi connectivity index (χ0v) is 16.2. The number of thiocarbonyl (C=S) groups is 1. The molecular weight excluding hydrogens is 373 g/mol. The van der Waals surface area contributed by atoms with Gasteiger partial charge in [0, 0.05) is 17.3 Å². The highest BCUT2D eigenvalue weighted by atomic mass is 35.5. The van der Waals surface area contributed by atoms with Crippen LogP contribution >= 0.6 is 35.4 Å². The number of rotatable bonds is 4. The van der Waals surface area contributed by atoms with Gasteiger partial charge in [-0.3, -0.25) is 4.90 Å². The highest BCUT2D eigenvalue weighted by molar-refractivity contribution is 7.80. The van der Waals surface area contributed by atoms with Crippen LogP contribution in [-0.2, 0) is 6.54 Å². The molecule has 0 aliphatic carbocycles. The van der Waals surface area contributed by atoms with E-state index in [1.54, 1.807) is 18.2 Å². The van der Waals surface area contributed by atoms with Crippen LogP contribution < -0.4 is 10.6 Å². The Kier molecular flexibility index (Phi) is 6.54. The minimum atomic E-state index is 0.480.